The summed E-state index contributed by atoms with van der Waals surface area (Å²) in [4.78, 5) is 4.24. The van der Waals surface area contributed by atoms with Crippen LogP contribution in [0.25, 0.3) is 0 Å². The third-order valence-electron chi connectivity index (χ3n) is 1.60. The molecule has 0 aliphatic carbocycles. The number of hydrogen-bond donors (Lipinski definition) is 0. The van der Waals surface area contributed by atoms with E-state index in [1.165, 1.54) is 0 Å². The highest BCUT2D eigenvalue weighted by Crippen LogP contribution is 2.05. The maximum Gasteiger partial charge on any atom is 0.0670 e. The maximum atomic E-state index is 8.44. The van der Waals surface area contributed by atoms with Crippen molar-refractivity contribution in [3.63, 3.8) is 0 Å². The number of nitriles is 1. The zero-order chi connectivity index (χ0) is 8.27. The molecule has 11 heavy (non-hydrogen) atoms. The molecule has 0 bridgehead atoms. The molecule has 0 aliphatic heterocycles. The molecular formula is C9H10N2. The van der Waals surface area contributed by atoms with Crippen LogP contribution in [0.15, 0.2) is 12.1 Å². The second-order valence-electron chi connectivity index (χ2n) is 2.53. The van der Waals surface area contributed by atoms with Crippen molar-refractivity contribution >= 4 is 0 Å². The summed E-state index contributed by atoms with van der Waals surface area (Å²) in [5.41, 5.74) is 2.99. The van der Waals surface area contributed by atoms with Crippen LogP contribution in [0, 0.1) is 25.2 Å². The molecule has 0 spiro atoms. The molecule has 56 valence electrons. The molecule has 0 amide bonds. The van der Waals surface area contributed by atoms with Crippen LogP contribution >= 0.6 is 0 Å². The zero-order valence-corrected chi connectivity index (χ0v) is 6.76. The molecule has 1 heterocycles. The van der Waals surface area contributed by atoms with Gasteiger partial charge in [-0.3, -0.25) is 4.98 Å². The van der Waals surface area contributed by atoms with Crippen molar-refractivity contribution in [2.45, 2.75) is 20.3 Å². The van der Waals surface area contributed by atoms with E-state index in [9.17, 15) is 0 Å². The predicted molar refractivity (Wildman–Crippen MR) is 43.0 cm³/mol. The first-order chi connectivity index (χ1) is 5.24. The van der Waals surface area contributed by atoms with E-state index in [1.54, 1.807) is 0 Å². The van der Waals surface area contributed by atoms with Gasteiger partial charge in [-0.05, 0) is 25.5 Å². The zero-order valence-electron chi connectivity index (χ0n) is 6.76. The minimum absolute atomic E-state index is 0.457. The Kier molecular flexibility index (Phi) is 2.22. The van der Waals surface area contributed by atoms with Crippen molar-refractivity contribution in [3.8, 4) is 6.07 Å². The van der Waals surface area contributed by atoms with Gasteiger partial charge in [0.15, 0.2) is 0 Å². The fourth-order valence-electron chi connectivity index (χ4n) is 0.987. The molecule has 0 unspecified atom stereocenters. The quantitative estimate of drug-likeness (QED) is 0.605. The second kappa shape index (κ2) is 3.16. The Morgan fingerprint density at radius 2 is 2.18 bits per heavy atom. The van der Waals surface area contributed by atoms with Crippen molar-refractivity contribution < 1.29 is 0 Å². The molecule has 1 aromatic rings. The molecule has 0 saturated carbocycles. The van der Waals surface area contributed by atoms with Crippen LogP contribution in [0.4, 0.5) is 0 Å². The molecule has 1 rings (SSSR count). The van der Waals surface area contributed by atoms with Gasteiger partial charge in [-0.25, -0.2) is 0 Å². The van der Waals surface area contributed by atoms with Crippen LogP contribution in [0.3, 0.4) is 0 Å². The van der Waals surface area contributed by atoms with Crippen molar-refractivity contribution in [2.24, 2.45) is 0 Å². The summed E-state index contributed by atoms with van der Waals surface area (Å²) in [6.07, 6.45) is 0.457. The summed E-state index contributed by atoms with van der Waals surface area (Å²) >= 11 is 0. The molecular weight excluding hydrogens is 136 g/mol. The smallest absolute Gasteiger partial charge is 0.0670 e. The van der Waals surface area contributed by atoms with Gasteiger partial charge in [0, 0.05) is 11.4 Å². The van der Waals surface area contributed by atoms with Gasteiger partial charge in [-0.15, -0.1) is 0 Å². The Hall–Kier alpha value is -1.36. The van der Waals surface area contributed by atoms with Crippen molar-refractivity contribution in [3.05, 3.63) is 29.1 Å². The van der Waals surface area contributed by atoms with E-state index >= 15 is 0 Å². The van der Waals surface area contributed by atoms with Crippen molar-refractivity contribution in [1.82, 2.24) is 4.98 Å². The van der Waals surface area contributed by atoms with Gasteiger partial charge in [-0.2, -0.15) is 5.26 Å². The molecule has 2 heteroatoms. The SMILES string of the molecule is Cc1ccc(CC#N)c(C)n1. The van der Waals surface area contributed by atoms with Crippen LogP contribution in [0.2, 0.25) is 0 Å². The van der Waals surface area contributed by atoms with Crippen molar-refractivity contribution in [1.29, 1.82) is 5.26 Å². The summed E-state index contributed by atoms with van der Waals surface area (Å²) in [7, 11) is 0. The van der Waals surface area contributed by atoms with Crippen LogP contribution in [-0.4, -0.2) is 4.98 Å². The summed E-state index contributed by atoms with van der Waals surface area (Å²) in [5, 5.41) is 8.44. The van der Waals surface area contributed by atoms with Crippen molar-refractivity contribution in [2.75, 3.05) is 0 Å². The summed E-state index contributed by atoms with van der Waals surface area (Å²) in [6, 6.07) is 5.99. The van der Waals surface area contributed by atoms with Gasteiger partial charge in [-0.1, -0.05) is 6.07 Å². The van der Waals surface area contributed by atoms with E-state index in [1.807, 2.05) is 26.0 Å². The summed E-state index contributed by atoms with van der Waals surface area (Å²) in [5.74, 6) is 0. The molecule has 1 aromatic heterocycles. The second-order valence-corrected chi connectivity index (χ2v) is 2.53. The molecule has 0 saturated heterocycles. The Bertz CT molecular complexity index is 297. The molecule has 0 fully saturated rings. The number of hydrogen-bond acceptors (Lipinski definition) is 2. The van der Waals surface area contributed by atoms with E-state index in [-0.39, 0.29) is 0 Å². The predicted octanol–water partition coefficient (Wildman–Crippen LogP) is 1.76. The Morgan fingerprint density at radius 1 is 1.45 bits per heavy atom. The lowest BCUT2D eigenvalue weighted by Gasteiger charge is -2.00. The minimum Gasteiger partial charge on any atom is -0.258 e. The molecule has 0 atom stereocenters. The number of aryl methyl sites for hydroxylation is 2. The highest BCUT2D eigenvalue weighted by atomic mass is 14.7. The van der Waals surface area contributed by atoms with Crippen LogP contribution in [0.1, 0.15) is 17.0 Å². The highest BCUT2D eigenvalue weighted by Gasteiger charge is 1.97. The normalized spacial score (nSPS) is 9.18. The van der Waals surface area contributed by atoms with Gasteiger partial charge < -0.3 is 0 Å². The van der Waals surface area contributed by atoms with E-state index in [0.717, 1.165) is 17.0 Å². The topological polar surface area (TPSA) is 36.7 Å². The number of nitrogens with zero attached hydrogens (tertiary/aromatic N) is 2. The van der Waals surface area contributed by atoms with Crippen LogP contribution in [0.5, 0.6) is 0 Å². The van der Waals surface area contributed by atoms with Gasteiger partial charge in [0.05, 0.1) is 12.5 Å². The van der Waals surface area contributed by atoms with Crippen LogP contribution < -0.4 is 0 Å². The van der Waals surface area contributed by atoms with Gasteiger partial charge in [0.25, 0.3) is 0 Å². The Balaban J connectivity index is 3.01. The van der Waals surface area contributed by atoms with Crippen LogP contribution in [-0.2, 0) is 6.42 Å². The third kappa shape index (κ3) is 1.78. The highest BCUT2D eigenvalue weighted by molar-refractivity contribution is 5.24. The Labute approximate surface area is 66.5 Å². The van der Waals surface area contributed by atoms with E-state index in [4.69, 9.17) is 5.26 Å². The van der Waals surface area contributed by atoms with Gasteiger partial charge >= 0.3 is 0 Å². The standard InChI is InChI=1S/C9H10N2/c1-7-3-4-9(5-6-10)8(2)11-7/h3-4H,5H2,1-2H3. The maximum absolute atomic E-state index is 8.44. The average Bonchev–Trinajstić information content (AvgIpc) is 1.95. The lowest BCUT2D eigenvalue weighted by molar-refractivity contribution is 1.06. The van der Waals surface area contributed by atoms with E-state index < -0.39 is 0 Å². The number of rotatable bonds is 1. The van der Waals surface area contributed by atoms with Gasteiger partial charge in [0.2, 0.25) is 0 Å². The third-order valence-corrected chi connectivity index (χ3v) is 1.60. The first kappa shape index (κ1) is 7.74. The van der Waals surface area contributed by atoms with Gasteiger partial charge in [0.1, 0.15) is 0 Å². The largest absolute Gasteiger partial charge is 0.258 e. The average molecular weight is 146 g/mol. The fourth-order valence-corrected chi connectivity index (χ4v) is 0.987. The molecule has 0 radical (unpaired) electrons. The molecule has 0 N–H and O–H groups in total. The lowest BCUT2D eigenvalue weighted by atomic mass is 10.1. The first-order valence-electron chi connectivity index (χ1n) is 3.54. The number of pyridine rings is 1. The fraction of sp³-hybridized carbons (Fsp3) is 0.333. The molecule has 0 aromatic carbocycles. The summed E-state index contributed by atoms with van der Waals surface area (Å²) < 4.78 is 0. The van der Waals surface area contributed by atoms with E-state index in [0.29, 0.717) is 6.42 Å². The minimum atomic E-state index is 0.457. The number of aromatic nitrogens is 1. The van der Waals surface area contributed by atoms with E-state index in [2.05, 4.69) is 11.1 Å². The molecule has 0 aliphatic rings. The summed E-state index contributed by atoms with van der Waals surface area (Å²) in [6.45, 7) is 3.88. The Morgan fingerprint density at radius 3 is 2.73 bits per heavy atom. The molecule has 2 nitrogen and oxygen atoms in total. The lowest BCUT2D eigenvalue weighted by Crippen LogP contribution is -1.92. The monoisotopic (exact) mass is 146 g/mol. The first-order valence-corrected chi connectivity index (χ1v) is 3.54.